The van der Waals surface area contributed by atoms with E-state index in [0.717, 1.165) is 10.0 Å². The van der Waals surface area contributed by atoms with E-state index in [-0.39, 0.29) is 5.97 Å². The van der Waals surface area contributed by atoms with Crippen LogP contribution in [0.2, 0.25) is 0 Å². The van der Waals surface area contributed by atoms with Gasteiger partial charge in [0.15, 0.2) is 6.10 Å². The summed E-state index contributed by atoms with van der Waals surface area (Å²) in [6.07, 6.45) is -0.480. The molecule has 1 aromatic carbocycles. The van der Waals surface area contributed by atoms with Crippen LogP contribution in [0.3, 0.4) is 0 Å². The summed E-state index contributed by atoms with van der Waals surface area (Å²) in [4.78, 5) is 11.5. The fourth-order valence-electron chi connectivity index (χ4n) is 1.77. The number of hydrogen-bond donors (Lipinski definition) is 0. The van der Waals surface area contributed by atoms with E-state index in [2.05, 4.69) is 15.9 Å². The van der Waals surface area contributed by atoms with Gasteiger partial charge in [-0.15, -0.1) is 0 Å². The van der Waals surface area contributed by atoms with Crippen molar-refractivity contribution in [1.82, 2.24) is 0 Å². The van der Waals surface area contributed by atoms with Crippen molar-refractivity contribution in [2.24, 2.45) is 0 Å². The molecule has 0 radical (unpaired) electrons. The molecule has 2 atom stereocenters. The van der Waals surface area contributed by atoms with Crippen molar-refractivity contribution in [1.29, 1.82) is 0 Å². The van der Waals surface area contributed by atoms with Crippen molar-refractivity contribution in [2.75, 3.05) is 6.61 Å². The summed E-state index contributed by atoms with van der Waals surface area (Å²) in [5, 5.41) is 0. The largest absolute Gasteiger partial charge is 0.464 e. The molecule has 0 saturated carbocycles. The smallest absolute Gasteiger partial charge is 0.338 e. The highest BCUT2D eigenvalue weighted by Gasteiger charge is 2.59. The van der Waals surface area contributed by atoms with Gasteiger partial charge in [0.1, 0.15) is 5.60 Å². The van der Waals surface area contributed by atoms with Crippen LogP contribution in [0.5, 0.6) is 0 Å². The molecule has 0 aromatic heterocycles. The van der Waals surface area contributed by atoms with Crippen LogP contribution in [0.4, 0.5) is 0 Å². The Balaban J connectivity index is 2.19. The van der Waals surface area contributed by atoms with E-state index in [9.17, 15) is 4.79 Å². The Bertz CT molecular complexity index is 418. The van der Waals surface area contributed by atoms with Gasteiger partial charge in [0, 0.05) is 10.0 Å². The zero-order chi connectivity index (χ0) is 11.8. The van der Waals surface area contributed by atoms with E-state index < -0.39 is 11.7 Å². The number of epoxide rings is 1. The van der Waals surface area contributed by atoms with Crippen molar-refractivity contribution < 1.29 is 14.3 Å². The van der Waals surface area contributed by atoms with Crippen molar-refractivity contribution in [3.8, 4) is 0 Å². The normalized spacial score (nSPS) is 27.6. The van der Waals surface area contributed by atoms with Gasteiger partial charge >= 0.3 is 5.97 Å². The summed E-state index contributed by atoms with van der Waals surface area (Å²) in [5.74, 6) is -0.291. The first-order valence-corrected chi connectivity index (χ1v) is 5.98. The summed E-state index contributed by atoms with van der Waals surface area (Å²) in [6.45, 7) is 4.06. The van der Waals surface area contributed by atoms with E-state index in [0.29, 0.717) is 6.61 Å². The number of esters is 1. The molecule has 1 heterocycles. The van der Waals surface area contributed by atoms with Gasteiger partial charge in [-0.3, -0.25) is 0 Å². The number of rotatable bonds is 3. The van der Waals surface area contributed by atoms with Gasteiger partial charge in [-0.05, 0) is 19.9 Å². The fraction of sp³-hybridized carbons (Fsp3) is 0.417. The molecule has 1 aliphatic heterocycles. The Morgan fingerprint density at radius 2 is 2.25 bits per heavy atom. The quantitative estimate of drug-likeness (QED) is 0.633. The van der Waals surface area contributed by atoms with E-state index in [4.69, 9.17) is 9.47 Å². The molecule has 4 heteroatoms. The average molecular weight is 285 g/mol. The van der Waals surface area contributed by atoms with E-state index in [1.54, 1.807) is 6.92 Å². The van der Waals surface area contributed by atoms with Gasteiger partial charge in [-0.25, -0.2) is 4.79 Å². The number of ether oxygens (including phenoxy) is 2. The minimum absolute atomic E-state index is 0.291. The van der Waals surface area contributed by atoms with Crippen LogP contribution in [0, 0.1) is 0 Å². The molecule has 1 aliphatic rings. The lowest BCUT2D eigenvalue weighted by Crippen LogP contribution is -2.19. The summed E-state index contributed by atoms with van der Waals surface area (Å²) < 4.78 is 11.4. The first-order valence-electron chi connectivity index (χ1n) is 5.19. The predicted molar refractivity (Wildman–Crippen MR) is 63.0 cm³/mol. The number of carbonyl (C=O) groups excluding carboxylic acids is 1. The monoisotopic (exact) mass is 284 g/mol. The zero-order valence-electron chi connectivity index (χ0n) is 9.20. The summed E-state index contributed by atoms with van der Waals surface area (Å²) in [6, 6.07) is 7.74. The highest BCUT2D eigenvalue weighted by molar-refractivity contribution is 9.10. The van der Waals surface area contributed by atoms with Crippen LogP contribution in [0.25, 0.3) is 0 Å². The maximum absolute atomic E-state index is 11.5. The standard InChI is InChI=1S/C12H13BrO3/c1-3-15-11(14)10-12(2,16-10)8-6-4-5-7-9(8)13/h4-7,10H,3H2,1-2H3. The molecule has 1 aromatic rings. The number of benzene rings is 1. The van der Waals surface area contributed by atoms with Crippen molar-refractivity contribution >= 4 is 21.9 Å². The molecule has 0 bridgehead atoms. The van der Waals surface area contributed by atoms with Crippen LogP contribution in [0.1, 0.15) is 19.4 Å². The Morgan fingerprint density at radius 3 is 2.88 bits per heavy atom. The topological polar surface area (TPSA) is 38.8 Å². The second-order valence-corrected chi connectivity index (χ2v) is 4.69. The lowest BCUT2D eigenvalue weighted by atomic mass is 9.97. The Morgan fingerprint density at radius 1 is 1.56 bits per heavy atom. The molecule has 3 nitrogen and oxygen atoms in total. The number of carbonyl (C=O) groups is 1. The van der Waals surface area contributed by atoms with Crippen LogP contribution >= 0.6 is 15.9 Å². The first-order chi connectivity index (χ1) is 7.59. The molecule has 0 amide bonds. The van der Waals surface area contributed by atoms with Crippen LogP contribution in [-0.4, -0.2) is 18.7 Å². The van der Waals surface area contributed by atoms with E-state index in [1.165, 1.54) is 0 Å². The van der Waals surface area contributed by atoms with Gasteiger partial charge < -0.3 is 9.47 Å². The Kier molecular flexibility index (Phi) is 3.04. The molecular weight excluding hydrogens is 272 g/mol. The molecule has 2 unspecified atom stereocenters. The highest BCUT2D eigenvalue weighted by atomic mass is 79.9. The molecule has 0 aliphatic carbocycles. The third-order valence-corrected chi connectivity index (χ3v) is 3.41. The predicted octanol–water partition coefficient (Wildman–Crippen LogP) is 2.63. The lowest BCUT2D eigenvalue weighted by Gasteiger charge is -2.08. The van der Waals surface area contributed by atoms with Crippen molar-refractivity contribution in [2.45, 2.75) is 25.6 Å². The Labute approximate surface area is 103 Å². The SMILES string of the molecule is CCOC(=O)C1OC1(C)c1ccccc1Br. The maximum Gasteiger partial charge on any atom is 0.338 e. The Hall–Kier alpha value is -0.870. The van der Waals surface area contributed by atoms with Gasteiger partial charge in [0.25, 0.3) is 0 Å². The summed E-state index contributed by atoms with van der Waals surface area (Å²) in [5.41, 5.74) is 0.430. The van der Waals surface area contributed by atoms with Gasteiger partial charge in [0.05, 0.1) is 6.61 Å². The molecule has 0 spiro atoms. The fourth-order valence-corrected chi connectivity index (χ4v) is 2.45. The summed E-state index contributed by atoms with van der Waals surface area (Å²) >= 11 is 3.46. The average Bonchev–Trinajstić information content (AvgIpc) is 2.93. The molecular formula is C12H13BrO3. The van der Waals surface area contributed by atoms with Crippen molar-refractivity contribution in [3.63, 3.8) is 0 Å². The van der Waals surface area contributed by atoms with Crippen LogP contribution in [-0.2, 0) is 19.9 Å². The van der Waals surface area contributed by atoms with Crippen molar-refractivity contribution in [3.05, 3.63) is 34.3 Å². The third-order valence-electron chi connectivity index (χ3n) is 2.72. The lowest BCUT2D eigenvalue weighted by molar-refractivity contribution is -0.144. The van der Waals surface area contributed by atoms with Gasteiger partial charge in [0.2, 0.25) is 0 Å². The van der Waals surface area contributed by atoms with Crippen LogP contribution in [0.15, 0.2) is 28.7 Å². The molecule has 86 valence electrons. The third kappa shape index (κ3) is 1.87. The van der Waals surface area contributed by atoms with E-state index in [1.807, 2.05) is 31.2 Å². The maximum atomic E-state index is 11.5. The summed E-state index contributed by atoms with van der Waals surface area (Å²) in [7, 11) is 0. The molecule has 1 saturated heterocycles. The molecule has 1 fully saturated rings. The van der Waals surface area contributed by atoms with Gasteiger partial charge in [-0.2, -0.15) is 0 Å². The minimum atomic E-state index is -0.549. The first kappa shape index (κ1) is 11.6. The van der Waals surface area contributed by atoms with Gasteiger partial charge in [-0.1, -0.05) is 34.1 Å². The second kappa shape index (κ2) is 4.18. The molecule has 0 N–H and O–H groups in total. The highest BCUT2D eigenvalue weighted by Crippen LogP contribution is 2.48. The molecule has 2 rings (SSSR count). The minimum Gasteiger partial charge on any atom is -0.464 e. The molecule has 16 heavy (non-hydrogen) atoms. The van der Waals surface area contributed by atoms with E-state index >= 15 is 0 Å². The number of halogens is 1. The second-order valence-electron chi connectivity index (χ2n) is 3.84. The van der Waals surface area contributed by atoms with Crippen LogP contribution < -0.4 is 0 Å². The zero-order valence-corrected chi connectivity index (χ0v) is 10.8. The number of hydrogen-bond acceptors (Lipinski definition) is 3.